The topological polar surface area (TPSA) is 61.5 Å². The Bertz CT molecular complexity index is 352. The van der Waals surface area contributed by atoms with Gasteiger partial charge in [-0.1, -0.05) is 25.5 Å². The second-order valence-electron chi connectivity index (χ2n) is 3.71. The molecule has 17 heavy (non-hydrogen) atoms. The molecule has 4 heteroatoms. The maximum absolute atomic E-state index is 11.3. The number of ether oxygens (including phenoxy) is 2. The van der Waals surface area contributed by atoms with Crippen molar-refractivity contribution in [2.45, 2.75) is 26.2 Å². The molecule has 0 amide bonds. The van der Waals surface area contributed by atoms with Crippen LogP contribution in [0.15, 0.2) is 24.3 Å². The molecule has 0 aromatic heterocycles. The van der Waals surface area contributed by atoms with Gasteiger partial charge in [-0.25, -0.2) is 0 Å². The number of nitrogen functional groups attached to an aromatic ring is 1. The van der Waals surface area contributed by atoms with E-state index in [1.807, 2.05) is 12.1 Å². The van der Waals surface area contributed by atoms with Crippen molar-refractivity contribution < 1.29 is 14.3 Å². The molecule has 1 aromatic carbocycles. The first kappa shape index (κ1) is 13.4. The lowest BCUT2D eigenvalue weighted by atomic mass is 10.3. The molecule has 4 nitrogen and oxygen atoms in total. The van der Waals surface area contributed by atoms with Crippen LogP contribution in [0.3, 0.4) is 0 Å². The van der Waals surface area contributed by atoms with Gasteiger partial charge in [-0.15, -0.1) is 0 Å². The van der Waals surface area contributed by atoms with Gasteiger partial charge in [0.1, 0.15) is 5.75 Å². The summed E-state index contributed by atoms with van der Waals surface area (Å²) in [6.45, 7) is 2.83. The molecule has 0 aliphatic rings. The molecular weight excluding hydrogens is 218 g/mol. The molecule has 2 N–H and O–H groups in total. The Morgan fingerprint density at radius 3 is 2.76 bits per heavy atom. The van der Waals surface area contributed by atoms with E-state index in [1.54, 1.807) is 12.1 Å². The molecule has 0 heterocycles. The van der Waals surface area contributed by atoms with Gasteiger partial charge in [0.05, 0.1) is 25.3 Å². The van der Waals surface area contributed by atoms with E-state index in [1.165, 1.54) is 0 Å². The van der Waals surface area contributed by atoms with E-state index < -0.39 is 0 Å². The van der Waals surface area contributed by atoms with E-state index in [-0.39, 0.29) is 12.4 Å². The highest BCUT2D eigenvalue weighted by atomic mass is 16.5. The smallest absolute Gasteiger partial charge is 0.309 e. The lowest BCUT2D eigenvalue weighted by Gasteiger charge is -2.08. The van der Waals surface area contributed by atoms with Gasteiger partial charge in [-0.2, -0.15) is 0 Å². The fraction of sp³-hybridized carbons (Fsp3) is 0.462. The number of carbonyl (C=O) groups excluding carboxylic acids is 1. The molecule has 0 unspecified atom stereocenters. The van der Waals surface area contributed by atoms with Crippen LogP contribution in [-0.4, -0.2) is 19.2 Å². The Morgan fingerprint density at radius 2 is 2.06 bits per heavy atom. The zero-order valence-corrected chi connectivity index (χ0v) is 10.1. The third kappa shape index (κ3) is 5.24. The average molecular weight is 237 g/mol. The molecule has 0 saturated heterocycles. The van der Waals surface area contributed by atoms with Crippen LogP contribution in [0.5, 0.6) is 5.75 Å². The molecular formula is C13H19NO3. The summed E-state index contributed by atoms with van der Waals surface area (Å²) in [6.07, 6.45) is 2.17. The number of unbranched alkanes of at least 4 members (excludes halogenated alkanes) is 1. The number of rotatable bonds is 7. The highest BCUT2D eigenvalue weighted by molar-refractivity contribution is 5.69. The van der Waals surface area contributed by atoms with E-state index in [9.17, 15) is 4.79 Å². The second kappa shape index (κ2) is 7.54. The largest absolute Gasteiger partial charge is 0.491 e. The minimum atomic E-state index is -0.229. The summed E-state index contributed by atoms with van der Waals surface area (Å²) in [5.41, 5.74) is 6.27. The van der Waals surface area contributed by atoms with Crippen molar-refractivity contribution in [3.8, 4) is 5.75 Å². The van der Waals surface area contributed by atoms with E-state index in [0.717, 1.165) is 12.8 Å². The quantitative estimate of drug-likeness (QED) is 0.449. The van der Waals surface area contributed by atoms with Crippen LogP contribution in [0, 0.1) is 0 Å². The van der Waals surface area contributed by atoms with Crippen molar-refractivity contribution in [2.75, 3.05) is 18.9 Å². The molecule has 94 valence electrons. The van der Waals surface area contributed by atoms with Crippen LogP contribution in [0.1, 0.15) is 26.2 Å². The fourth-order valence-corrected chi connectivity index (χ4v) is 1.26. The van der Waals surface area contributed by atoms with Crippen molar-refractivity contribution >= 4 is 11.7 Å². The molecule has 0 aliphatic heterocycles. The van der Waals surface area contributed by atoms with Gasteiger partial charge < -0.3 is 15.2 Å². The lowest BCUT2D eigenvalue weighted by Crippen LogP contribution is -2.11. The number of benzene rings is 1. The molecule has 0 aliphatic carbocycles. The molecule has 0 saturated carbocycles. The van der Waals surface area contributed by atoms with Crippen LogP contribution in [-0.2, 0) is 9.53 Å². The Kier molecular flexibility index (Phi) is 5.93. The Morgan fingerprint density at radius 1 is 1.29 bits per heavy atom. The zero-order valence-electron chi connectivity index (χ0n) is 10.1. The zero-order chi connectivity index (χ0) is 12.5. The molecule has 0 bridgehead atoms. The van der Waals surface area contributed by atoms with Gasteiger partial charge in [0.15, 0.2) is 0 Å². The van der Waals surface area contributed by atoms with Crippen molar-refractivity contribution in [3.05, 3.63) is 24.3 Å². The summed E-state index contributed by atoms with van der Waals surface area (Å²) in [4.78, 5) is 11.3. The standard InChI is InChI=1S/C13H19NO3/c1-2-3-9-17-13(15)8-10-16-12-7-5-4-6-11(12)14/h4-7H,2-3,8-10,14H2,1H3. The van der Waals surface area contributed by atoms with Crippen LogP contribution in [0.4, 0.5) is 5.69 Å². The van der Waals surface area contributed by atoms with Gasteiger partial charge in [-0.3, -0.25) is 4.79 Å². The number of nitrogens with two attached hydrogens (primary N) is 1. The molecule has 0 radical (unpaired) electrons. The molecule has 0 atom stereocenters. The van der Waals surface area contributed by atoms with Gasteiger partial charge >= 0.3 is 5.97 Å². The molecule has 1 rings (SSSR count). The summed E-state index contributed by atoms with van der Waals surface area (Å²) >= 11 is 0. The van der Waals surface area contributed by atoms with Gasteiger partial charge in [0.2, 0.25) is 0 Å². The van der Waals surface area contributed by atoms with Crippen molar-refractivity contribution in [3.63, 3.8) is 0 Å². The summed E-state index contributed by atoms with van der Waals surface area (Å²) in [5.74, 6) is 0.377. The average Bonchev–Trinajstić information content (AvgIpc) is 2.32. The summed E-state index contributed by atoms with van der Waals surface area (Å²) in [7, 11) is 0. The number of hydrogen-bond donors (Lipinski definition) is 1. The van der Waals surface area contributed by atoms with Crippen LogP contribution in [0.2, 0.25) is 0 Å². The van der Waals surface area contributed by atoms with Gasteiger partial charge in [0, 0.05) is 0 Å². The summed E-state index contributed by atoms with van der Waals surface area (Å²) in [5, 5.41) is 0. The summed E-state index contributed by atoms with van der Waals surface area (Å²) < 4.78 is 10.4. The third-order valence-electron chi connectivity index (χ3n) is 2.24. The number of para-hydroxylation sites is 2. The lowest BCUT2D eigenvalue weighted by molar-refractivity contribution is -0.144. The monoisotopic (exact) mass is 237 g/mol. The summed E-state index contributed by atoms with van der Waals surface area (Å²) in [6, 6.07) is 7.21. The number of hydrogen-bond acceptors (Lipinski definition) is 4. The van der Waals surface area contributed by atoms with E-state index in [4.69, 9.17) is 15.2 Å². The van der Waals surface area contributed by atoms with E-state index >= 15 is 0 Å². The van der Waals surface area contributed by atoms with Crippen molar-refractivity contribution in [1.82, 2.24) is 0 Å². The second-order valence-corrected chi connectivity index (χ2v) is 3.71. The van der Waals surface area contributed by atoms with Crippen LogP contribution >= 0.6 is 0 Å². The number of anilines is 1. The predicted octanol–water partition coefficient (Wildman–Crippen LogP) is 2.38. The van der Waals surface area contributed by atoms with Crippen LogP contribution < -0.4 is 10.5 Å². The fourth-order valence-electron chi connectivity index (χ4n) is 1.26. The molecule has 0 spiro atoms. The molecule has 0 fully saturated rings. The van der Waals surface area contributed by atoms with Crippen LogP contribution in [0.25, 0.3) is 0 Å². The number of esters is 1. The normalized spacial score (nSPS) is 9.94. The first-order valence-electron chi connectivity index (χ1n) is 5.87. The maximum Gasteiger partial charge on any atom is 0.309 e. The van der Waals surface area contributed by atoms with Crippen molar-refractivity contribution in [2.24, 2.45) is 0 Å². The molecule has 1 aromatic rings. The van der Waals surface area contributed by atoms with E-state index in [0.29, 0.717) is 24.7 Å². The van der Waals surface area contributed by atoms with E-state index in [2.05, 4.69) is 6.92 Å². The maximum atomic E-state index is 11.3. The van der Waals surface area contributed by atoms with Gasteiger partial charge in [0.25, 0.3) is 0 Å². The predicted molar refractivity (Wildman–Crippen MR) is 66.8 cm³/mol. The first-order chi connectivity index (χ1) is 8.24. The minimum Gasteiger partial charge on any atom is -0.491 e. The third-order valence-corrected chi connectivity index (χ3v) is 2.24. The number of carbonyl (C=O) groups is 1. The Balaban J connectivity index is 2.19. The van der Waals surface area contributed by atoms with Crippen molar-refractivity contribution in [1.29, 1.82) is 0 Å². The van der Waals surface area contributed by atoms with Gasteiger partial charge in [-0.05, 0) is 18.6 Å². The first-order valence-corrected chi connectivity index (χ1v) is 5.87. The SMILES string of the molecule is CCCCOC(=O)CCOc1ccccc1N. The minimum absolute atomic E-state index is 0.229. The Labute approximate surface area is 102 Å². The Hall–Kier alpha value is -1.71. The highest BCUT2D eigenvalue weighted by Gasteiger charge is 2.04. The highest BCUT2D eigenvalue weighted by Crippen LogP contribution is 2.19.